The third kappa shape index (κ3) is 9.72. The van der Waals surface area contributed by atoms with E-state index < -0.39 is 22.4 Å². The number of rotatable bonds is 8. The molecule has 0 aliphatic heterocycles. The Kier molecular flexibility index (Phi) is 4.51. The Hall–Kier alpha value is -0.820. The minimum absolute atomic E-state index is 0.0837. The Bertz CT molecular complexity index is 389. The lowest BCUT2D eigenvalue weighted by atomic mass is 10.2. The second-order valence-corrected chi connectivity index (χ2v) is 7.10. The highest BCUT2D eigenvalue weighted by atomic mass is 32.5. The van der Waals surface area contributed by atoms with Gasteiger partial charge in [-0.25, -0.2) is 0 Å². The first-order valence-electron chi connectivity index (χ1n) is 5.90. The van der Waals surface area contributed by atoms with Crippen molar-refractivity contribution in [3.8, 4) is 0 Å². The first-order chi connectivity index (χ1) is 8.55. The largest absolute Gasteiger partial charge is 0.377 e. The molecular formula is C12H17F5OS. The monoisotopic (exact) mass is 304 g/mol. The molecule has 0 heterocycles. The molecule has 0 amide bonds. The number of ether oxygens (including phenoxy) is 1. The van der Waals surface area contributed by atoms with Crippen LogP contribution in [0.25, 0.3) is 0 Å². The van der Waals surface area contributed by atoms with Gasteiger partial charge in [-0.15, -0.1) is 0 Å². The average molecular weight is 304 g/mol. The van der Waals surface area contributed by atoms with Gasteiger partial charge in [0.1, 0.15) is 0 Å². The number of hydrogen-bond donors (Lipinski definition) is 0. The van der Waals surface area contributed by atoms with E-state index in [4.69, 9.17) is 4.74 Å². The molecule has 0 bridgehead atoms. The summed E-state index contributed by atoms with van der Waals surface area (Å²) in [6, 6.07) is 9.31. The molecule has 1 rings (SSSR count). The summed E-state index contributed by atoms with van der Waals surface area (Å²) in [7, 11) is -9.21. The van der Waals surface area contributed by atoms with Crippen molar-refractivity contribution < 1.29 is 24.2 Å². The van der Waals surface area contributed by atoms with Gasteiger partial charge in [-0.05, 0) is 24.8 Å². The Labute approximate surface area is 109 Å². The average Bonchev–Trinajstić information content (AvgIpc) is 2.26. The Balaban J connectivity index is 2.07. The Morgan fingerprint density at radius 2 is 1.47 bits per heavy atom. The summed E-state index contributed by atoms with van der Waals surface area (Å²) in [6.45, 7) is 0.650. The van der Waals surface area contributed by atoms with Gasteiger partial charge in [0.25, 0.3) is 10.2 Å². The van der Waals surface area contributed by atoms with Crippen molar-refractivity contribution in [1.82, 2.24) is 0 Å². The van der Waals surface area contributed by atoms with E-state index in [1.807, 2.05) is 30.3 Å². The molecule has 0 atom stereocenters. The van der Waals surface area contributed by atoms with Gasteiger partial charge in [0.05, 0.1) is 12.4 Å². The van der Waals surface area contributed by atoms with Crippen molar-refractivity contribution in [2.24, 2.45) is 0 Å². The normalized spacial score (nSPS) is 15.8. The first-order valence-corrected chi connectivity index (χ1v) is 8.02. The molecule has 0 fully saturated rings. The molecule has 0 N–H and O–H groups in total. The minimum Gasteiger partial charge on any atom is -0.377 e. The number of hydrogen-bond acceptors (Lipinski definition) is 1. The highest BCUT2D eigenvalue weighted by Gasteiger charge is 2.62. The van der Waals surface area contributed by atoms with Crippen LogP contribution in [0.2, 0.25) is 0 Å². The van der Waals surface area contributed by atoms with E-state index in [0.717, 1.165) is 5.56 Å². The van der Waals surface area contributed by atoms with E-state index in [1.165, 1.54) is 0 Å². The van der Waals surface area contributed by atoms with E-state index >= 15 is 0 Å². The topological polar surface area (TPSA) is 9.23 Å². The van der Waals surface area contributed by atoms with Gasteiger partial charge in [-0.1, -0.05) is 49.8 Å². The lowest BCUT2D eigenvalue weighted by molar-refractivity contribution is 0.117. The maximum absolute atomic E-state index is 12.0. The maximum atomic E-state index is 12.0. The van der Waals surface area contributed by atoms with Gasteiger partial charge < -0.3 is 4.74 Å². The third-order valence-corrected chi connectivity index (χ3v) is 3.49. The fourth-order valence-electron chi connectivity index (χ4n) is 1.52. The maximum Gasteiger partial charge on any atom is 0.285 e. The zero-order valence-electron chi connectivity index (χ0n) is 10.3. The SMILES string of the molecule is FS(F)(F)(F)(F)CCCCCOCc1ccccc1. The fourth-order valence-corrected chi connectivity index (χ4v) is 2.27. The van der Waals surface area contributed by atoms with Crippen molar-refractivity contribution in [1.29, 1.82) is 0 Å². The molecule has 0 aliphatic carbocycles. The molecule has 0 saturated heterocycles. The van der Waals surface area contributed by atoms with Gasteiger partial charge in [0.15, 0.2) is 0 Å². The number of halogens is 5. The number of unbranched alkanes of at least 4 members (excludes halogenated alkanes) is 2. The van der Waals surface area contributed by atoms with Crippen molar-refractivity contribution in [3.05, 3.63) is 35.9 Å². The zero-order chi connectivity index (χ0) is 14.5. The molecular weight excluding hydrogens is 287 g/mol. The highest BCUT2D eigenvalue weighted by Crippen LogP contribution is 2.97. The van der Waals surface area contributed by atoms with E-state index in [1.54, 1.807) is 0 Å². The summed E-state index contributed by atoms with van der Waals surface area (Å²) in [6.07, 6.45) is -0.117. The van der Waals surface area contributed by atoms with Crippen molar-refractivity contribution >= 4 is 10.2 Å². The molecule has 0 spiro atoms. The summed E-state index contributed by atoms with van der Waals surface area (Å²) < 4.78 is 65.1. The summed E-state index contributed by atoms with van der Waals surface area (Å²) in [5.74, 6) is -1.97. The van der Waals surface area contributed by atoms with Crippen molar-refractivity contribution in [2.45, 2.75) is 25.9 Å². The second-order valence-electron chi connectivity index (χ2n) is 4.43. The molecule has 1 aromatic carbocycles. The molecule has 19 heavy (non-hydrogen) atoms. The van der Waals surface area contributed by atoms with Crippen LogP contribution in [0.4, 0.5) is 19.4 Å². The van der Waals surface area contributed by atoms with E-state index in [2.05, 4.69) is 0 Å². The van der Waals surface area contributed by atoms with Crippen LogP contribution in [-0.4, -0.2) is 12.4 Å². The molecule has 7 heteroatoms. The van der Waals surface area contributed by atoms with E-state index in [9.17, 15) is 19.4 Å². The summed E-state index contributed by atoms with van der Waals surface area (Å²) in [5, 5.41) is 0. The van der Waals surface area contributed by atoms with Gasteiger partial charge in [0.2, 0.25) is 0 Å². The molecule has 0 aliphatic rings. The van der Waals surface area contributed by atoms with Crippen LogP contribution in [0.3, 0.4) is 0 Å². The molecule has 0 radical (unpaired) electrons. The molecule has 0 unspecified atom stereocenters. The van der Waals surface area contributed by atoms with Crippen LogP contribution in [0.1, 0.15) is 24.8 Å². The Morgan fingerprint density at radius 1 is 0.842 bits per heavy atom. The lowest BCUT2D eigenvalue weighted by Crippen LogP contribution is -2.11. The van der Waals surface area contributed by atoms with Crippen LogP contribution in [0.15, 0.2) is 30.3 Å². The van der Waals surface area contributed by atoms with Gasteiger partial charge >= 0.3 is 0 Å². The molecule has 0 aromatic heterocycles. The highest BCUT2D eigenvalue weighted by molar-refractivity contribution is 8.45. The number of benzene rings is 1. The third-order valence-electron chi connectivity index (χ3n) is 2.43. The molecule has 112 valence electrons. The van der Waals surface area contributed by atoms with Crippen molar-refractivity contribution in [2.75, 3.05) is 12.4 Å². The van der Waals surface area contributed by atoms with Gasteiger partial charge in [-0.3, -0.25) is 0 Å². The summed E-state index contributed by atoms with van der Waals surface area (Å²) >= 11 is 0. The summed E-state index contributed by atoms with van der Waals surface area (Å²) in [4.78, 5) is 0. The van der Waals surface area contributed by atoms with Crippen LogP contribution in [0, 0.1) is 0 Å². The van der Waals surface area contributed by atoms with E-state index in [0.29, 0.717) is 13.0 Å². The fraction of sp³-hybridized carbons (Fsp3) is 0.500. The predicted octanol–water partition coefficient (Wildman–Crippen LogP) is 5.67. The van der Waals surface area contributed by atoms with Crippen molar-refractivity contribution in [3.63, 3.8) is 0 Å². The van der Waals surface area contributed by atoms with Gasteiger partial charge in [0, 0.05) is 6.61 Å². The standard InChI is InChI=1S/C12H17F5OS/c13-19(14,15,16,17)10-6-2-5-9-18-11-12-7-3-1-4-8-12/h1,3-4,7-8H,2,5-6,9-11H2. The quantitative estimate of drug-likeness (QED) is 0.444. The molecule has 0 saturated carbocycles. The molecule has 1 nitrogen and oxygen atoms in total. The minimum atomic E-state index is -9.21. The summed E-state index contributed by atoms with van der Waals surface area (Å²) in [5.41, 5.74) is 0.967. The smallest absolute Gasteiger partial charge is 0.285 e. The Morgan fingerprint density at radius 3 is 2.05 bits per heavy atom. The first kappa shape index (κ1) is 16.2. The van der Waals surface area contributed by atoms with Gasteiger partial charge in [-0.2, -0.15) is 0 Å². The van der Waals surface area contributed by atoms with Crippen LogP contribution < -0.4 is 0 Å². The zero-order valence-corrected chi connectivity index (χ0v) is 11.2. The van der Waals surface area contributed by atoms with Crippen LogP contribution in [0.5, 0.6) is 0 Å². The molecule has 1 aromatic rings. The predicted molar refractivity (Wildman–Crippen MR) is 67.9 cm³/mol. The van der Waals surface area contributed by atoms with Crippen LogP contribution >= 0.6 is 10.2 Å². The second kappa shape index (κ2) is 5.28. The van der Waals surface area contributed by atoms with Crippen LogP contribution in [-0.2, 0) is 11.3 Å². The van der Waals surface area contributed by atoms with E-state index in [-0.39, 0.29) is 13.0 Å². The lowest BCUT2D eigenvalue weighted by Gasteiger charge is -2.40.